The fourth-order valence-electron chi connectivity index (χ4n) is 3.53. The molecule has 0 amide bonds. The summed E-state index contributed by atoms with van der Waals surface area (Å²) in [6.45, 7) is 3.66. The Bertz CT molecular complexity index is 1470. The number of esters is 1. The van der Waals surface area contributed by atoms with Gasteiger partial charge in [-0.25, -0.2) is 9.78 Å². The highest BCUT2D eigenvalue weighted by Gasteiger charge is 2.16. The Kier molecular flexibility index (Phi) is 6.11. The van der Waals surface area contributed by atoms with E-state index < -0.39 is 5.97 Å². The maximum atomic E-state index is 12.6. The molecule has 33 heavy (non-hydrogen) atoms. The fourth-order valence-corrected chi connectivity index (χ4v) is 4.27. The van der Waals surface area contributed by atoms with Gasteiger partial charge in [-0.3, -0.25) is 9.20 Å². The van der Waals surface area contributed by atoms with Crippen LogP contribution < -0.4 is 10.3 Å². The standard InChI is InChI=1S/C24H20N4O4S/c1-15-10-17(16(2)28(15)20-4-6-21(31-3)7-5-20)11-18(13-25)23(30)32-14-19-12-22(29)27-8-9-33-24(27)26-19/h4-12H,14H2,1-3H3/b18-11+. The Morgan fingerprint density at radius 1 is 1.24 bits per heavy atom. The van der Waals surface area contributed by atoms with Gasteiger partial charge < -0.3 is 14.0 Å². The summed E-state index contributed by atoms with van der Waals surface area (Å²) in [5.41, 5.74) is 3.42. The number of fused-ring (bicyclic) bond motifs is 1. The molecule has 0 fully saturated rings. The molecule has 3 heterocycles. The minimum Gasteiger partial charge on any atom is -0.497 e. The van der Waals surface area contributed by atoms with Crippen LogP contribution in [-0.4, -0.2) is 27.0 Å². The van der Waals surface area contributed by atoms with Crippen LogP contribution in [0.4, 0.5) is 0 Å². The van der Waals surface area contributed by atoms with Crippen LogP contribution in [0, 0.1) is 25.2 Å². The van der Waals surface area contributed by atoms with Gasteiger partial charge >= 0.3 is 5.97 Å². The van der Waals surface area contributed by atoms with Crippen LogP contribution in [0.1, 0.15) is 22.6 Å². The van der Waals surface area contributed by atoms with Gasteiger partial charge in [0.2, 0.25) is 0 Å². The van der Waals surface area contributed by atoms with Gasteiger partial charge in [-0.1, -0.05) is 0 Å². The molecule has 0 aliphatic rings. The Balaban J connectivity index is 1.56. The lowest BCUT2D eigenvalue weighted by Gasteiger charge is -2.10. The number of carbonyl (C=O) groups is 1. The summed E-state index contributed by atoms with van der Waals surface area (Å²) in [7, 11) is 1.61. The number of methoxy groups -OCH3 is 1. The quantitative estimate of drug-likeness (QED) is 0.246. The second-order valence-corrected chi connectivity index (χ2v) is 8.12. The van der Waals surface area contributed by atoms with E-state index >= 15 is 0 Å². The van der Waals surface area contributed by atoms with Crippen molar-refractivity contribution in [2.75, 3.05) is 7.11 Å². The summed E-state index contributed by atoms with van der Waals surface area (Å²) in [6.07, 6.45) is 3.14. The average molecular weight is 461 g/mol. The van der Waals surface area contributed by atoms with E-state index in [1.54, 1.807) is 18.7 Å². The largest absolute Gasteiger partial charge is 0.497 e. The van der Waals surface area contributed by atoms with Crippen molar-refractivity contribution in [1.82, 2.24) is 14.0 Å². The minimum absolute atomic E-state index is 0.140. The Morgan fingerprint density at radius 3 is 2.70 bits per heavy atom. The molecule has 0 radical (unpaired) electrons. The smallest absolute Gasteiger partial charge is 0.349 e. The Morgan fingerprint density at radius 2 is 2.00 bits per heavy atom. The first-order valence-corrected chi connectivity index (χ1v) is 10.9. The number of ether oxygens (including phenoxy) is 2. The summed E-state index contributed by atoms with van der Waals surface area (Å²) in [4.78, 5) is 29.4. The van der Waals surface area contributed by atoms with E-state index in [-0.39, 0.29) is 17.7 Å². The van der Waals surface area contributed by atoms with Crippen molar-refractivity contribution in [1.29, 1.82) is 5.26 Å². The maximum Gasteiger partial charge on any atom is 0.349 e. The molecular formula is C24H20N4O4S. The van der Waals surface area contributed by atoms with Gasteiger partial charge in [-0.2, -0.15) is 5.26 Å². The van der Waals surface area contributed by atoms with E-state index in [1.165, 1.54) is 27.9 Å². The number of thiazole rings is 1. The number of carbonyl (C=O) groups excluding carboxylic acids is 1. The summed E-state index contributed by atoms with van der Waals surface area (Å²) < 4.78 is 13.9. The van der Waals surface area contributed by atoms with E-state index in [0.717, 1.165) is 28.4 Å². The number of benzene rings is 1. The summed E-state index contributed by atoms with van der Waals surface area (Å²) in [5, 5.41) is 11.3. The van der Waals surface area contributed by atoms with E-state index in [4.69, 9.17) is 9.47 Å². The van der Waals surface area contributed by atoms with Crippen LogP contribution in [0.3, 0.4) is 0 Å². The average Bonchev–Trinajstić information content (AvgIpc) is 3.40. The SMILES string of the molecule is COc1ccc(-n2c(C)cc(/C=C(\C#N)C(=O)OCc3cc(=O)n4ccsc4n3)c2C)cc1. The molecule has 0 atom stereocenters. The number of hydrogen-bond acceptors (Lipinski definition) is 7. The molecule has 4 rings (SSSR count). The van der Waals surface area contributed by atoms with Crippen molar-refractivity contribution in [2.24, 2.45) is 0 Å². The molecule has 0 saturated heterocycles. The summed E-state index contributed by atoms with van der Waals surface area (Å²) in [6, 6.07) is 12.7. The molecule has 1 aromatic carbocycles. The zero-order chi connectivity index (χ0) is 23.5. The van der Waals surface area contributed by atoms with Crippen LogP contribution in [0.15, 0.2) is 58.3 Å². The van der Waals surface area contributed by atoms with Crippen LogP contribution in [0.25, 0.3) is 16.7 Å². The number of hydrogen-bond donors (Lipinski definition) is 0. The minimum atomic E-state index is -0.778. The molecule has 4 aromatic rings. The molecule has 0 N–H and O–H groups in total. The molecule has 8 nitrogen and oxygen atoms in total. The second-order valence-electron chi connectivity index (χ2n) is 7.25. The van der Waals surface area contributed by atoms with E-state index in [9.17, 15) is 14.9 Å². The van der Waals surface area contributed by atoms with Crippen LogP contribution >= 0.6 is 11.3 Å². The third-order valence-corrected chi connectivity index (χ3v) is 5.91. The van der Waals surface area contributed by atoms with Gasteiger partial charge in [0.25, 0.3) is 5.56 Å². The number of nitrogens with zero attached hydrogens (tertiary/aromatic N) is 4. The van der Waals surface area contributed by atoms with Crippen molar-refractivity contribution in [2.45, 2.75) is 20.5 Å². The van der Waals surface area contributed by atoms with Crippen LogP contribution in [0.2, 0.25) is 0 Å². The molecule has 166 valence electrons. The van der Waals surface area contributed by atoms with Crippen molar-refractivity contribution >= 4 is 28.3 Å². The van der Waals surface area contributed by atoms with Gasteiger partial charge in [0, 0.05) is 34.7 Å². The maximum absolute atomic E-state index is 12.6. The first-order chi connectivity index (χ1) is 15.9. The highest BCUT2D eigenvalue weighted by molar-refractivity contribution is 7.15. The molecule has 0 aliphatic carbocycles. The zero-order valence-corrected chi connectivity index (χ0v) is 19.0. The van der Waals surface area contributed by atoms with E-state index in [1.807, 2.05) is 54.8 Å². The predicted octanol–water partition coefficient (Wildman–Crippen LogP) is 3.82. The molecule has 0 aliphatic heterocycles. The lowest BCUT2D eigenvalue weighted by molar-refractivity contribution is -0.139. The molecule has 3 aromatic heterocycles. The van der Waals surface area contributed by atoms with Crippen LogP contribution in [-0.2, 0) is 16.1 Å². The molecule has 0 spiro atoms. The highest BCUT2D eigenvalue weighted by atomic mass is 32.1. The van der Waals surface area contributed by atoms with Gasteiger partial charge in [-0.05, 0) is 55.8 Å². The summed E-state index contributed by atoms with van der Waals surface area (Å²) in [5.74, 6) is -0.0221. The fraction of sp³-hybridized carbons (Fsp3) is 0.167. The predicted molar refractivity (Wildman–Crippen MR) is 125 cm³/mol. The summed E-state index contributed by atoms with van der Waals surface area (Å²) >= 11 is 1.31. The first kappa shape index (κ1) is 22.0. The number of rotatable bonds is 6. The van der Waals surface area contributed by atoms with Crippen molar-refractivity contribution in [3.63, 3.8) is 0 Å². The first-order valence-electron chi connectivity index (χ1n) is 9.99. The molecule has 0 bridgehead atoms. The Labute approximate surface area is 193 Å². The topological polar surface area (TPSA) is 98.6 Å². The lowest BCUT2D eigenvalue weighted by atomic mass is 10.1. The zero-order valence-electron chi connectivity index (χ0n) is 18.2. The number of aromatic nitrogens is 3. The van der Waals surface area contributed by atoms with E-state index in [2.05, 4.69) is 4.98 Å². The third kappa shape index (κ3) is 4.42. The second kappa shape index (κ2) is 9.14. The molecule has 9 heteroatoms. The van der Waals surface area contributed by atoms with Crippen LogP contribution in [0.5, 0.6) is 5.75 Å². The van der Waals surface area contributed by atoms with Gasteiger partial charge in [0.15, 0.2) is 4.96 Å². The van der Waals surface area contributed by atoms with Gasteiger partial charge in [0.05, 0.1) is 12.8 Å². The van der Waals surface area contributed by atoms with Crippen molar-refractivity contribution < 1.29 is 14.3 Å². The monoisotopic (exact) mass is 460 g/mol. The van der Waals surface area contributed by atoms with Crippen molar-refractivity contribution in [3.8, 4) is 17.5 Å². The number of nitriles is 1. The molecule has 0 saturated carbocycles. The molecule has 0 unspecified atom stereocenters. The highest BCUT2D eigenvalue weighted by Crippen LogP contribution is 2.24. The lowest BCUT2D eigenvalue weighted by Crippen LogP contribution is -2.15. The van der Waals surface area contributed by atoms with E-state index in [0.29, 0.717) is 10.7 Å². The number of aryl methyl sites for hydroxylation is 1. The van der Waals surface area contributed by atoms with Gasteiger partial charge in [0.1, 0.15) is 24.0 Å². The Hall–Kier alpha value is -4.16. The normalized spacial score (nSPS) is 11.4. The van der Waals surface area contributed by atoms with Crippen molar-refractivity contribution in [3.05, 3.63) is 86.5 Å². The van der Waals surface area contributed by atoms with Gasteiger partial charge in [-0.15, -0.1) is 11.3 Å². The third-order valence-electron chi connectivity index (χ3n) is 5.15. The molecular weight excluding hydrogens is 440 g/mol.